The number of thiazole rings is 1. The number of benzene rings is 1. The molecule has 56 heavy (non-hydrogen) atoms. The number of carboxylic acid groups (broad SMARTS) is 1. The topological polar surface area (TPSA) is 158 Å². The van der Waals surface area contributed by atoms with Gasteiger partial charge in [0.1, 0.15) is 16.7 Å². The molecule has 7 atom stereocenters. The first-order valence-electron chi connectivity index (χ1n) is 19.4. The third-order valence-corrected chi connectivity index (χ3v) is 12.0. The third-order valence-electron chi connectivity index (χ3n) is 11.1. The molecule has 1 saturated carbocycles. The Labute approximate surface area is 330 Å². The van der Waals surface area contributed by atoms with Crippen LogP contribution in [-0.2, 0) is 36.5 Å². The number of rotatable bonds is 18. The van der Waals surface area contributed by atoms with Gasteiger partial charge in [-0.2, -0.15) is 13.2 Å². The monoisotopic (exact) mass is 807 g/mol. The molecule has 12 nitrogen and oxygen atoms in total. The second-order valence-corrected chi connectivity index (χ2v) is 16.8. The number of nitrogens with zero attached hydrogens (tertiary/aromatic N) is 3. The summed E-state index contributed by atoms with van der Waals surface area (Å²) in [5, 5.41) is 17.3. The van der Waals surface area contributed by atoms with Gasteiger partial charge in [-0.25, -0.2) is 4.98 Å². The lowest BCUT2D eigenvalue weighted by Gasteiger charge is -2.38. The van der Waals surface area contributed by atoms with E-state index in [-0.39, 0.29) is 54.6 Å². The van der Waals surface area contributed by atoms with Crippen molar-refractivity contribution in [1.29, 1.82) is 0 Å². The van der Waals surface area contributed by atoms with E-state index >= 15 is 0 Å². The SMILES string of the molecule is CC(=O)O[C@H](C[C@H](C(C)C)N(C)C(=O)[C@@H](NC(=O)[C@H]1CCCCN1C)[C@@H](C)C1CC1)c1nc(C(=O)N[C@@H](Cc2ccc(C(F)(F)F)cc2)C[C@H](C)C(=O)O)cs1. The zero-order valence-electron chi connectivity index (χ0n) is 33.2. The lowest BCUT2D eigenvalue weighted by molar-refractivity contribution is -0.149. The van der Waals surface area contributed by atoms with E-state index in [2.05, 4.69) is 15.6 Å². The molecule has 0 bridgehead atoms. The van der Waals surface area contributed by atoms with Gasteiger partial charge in [-0.15, -0.1) is 11.3 Å². The molecule has 3 amide bonds. The predicted molar refractivity (Wildman–Crippen MR) is 205 cm³/mol. The molecule has 1 saturated heterocycles. The quantitative estimate of drug-likeness (QED) is 0.151. The summed E-state index contributed by atoms with van der Waals surface area (Å²) < 4.78 is 45.1. The van der Waals surface area contributed by atoms with Crippen molar-refractivity contribution in [3.05, 3.63) is 51.5 Å². The van der Waals surface area contributed by atoms with Crippen LogP contribution in [0.2, 0.25) is 0 Å². The van der Waals surface area contributed by atoms with Crippen LogP contribution in [0.25, 0.3) is 0 Å². The summed E-state index contributed by atoms with van der Waals surface area (Å²) in [7, 11) is 3.62. The van der Waals surface area contributed by atoms with Crippen LogP contribution in [0, 0.1) is 23.7 Å². The van der Waals surface area contributed by atoms with Gasteiger partial charge in [0.25, 0.3) is 5.91 Å². The number of carbonyl (C=O) groups excluding carboxylic acids is 4. The van der Waals surface area contributed by atoms with Gasteiger partial charge in [0.2, 0.25) is 11.8 Å². The van der Waals surface area contributed by atoms with Crippen molar-refractivity contribution in [3.63, 3.8) is 0 Å². The molecule has 2 heterocycles. The largest absolute Gasteiger partial charge is 0.481 e. The molecule has 0 spiro atoms. The van der Waals surface area contributed by atoms with Gasteiger partial charge in [0, 0.05) is 37.9 Å². The normalized spacial score (nSPS) is 19.6. The van der Waals surface area contributed by atoms with Crippen LogP contribution in [0.5, 0.6) is 0 Å². The highest BCUT2D eigenvalue weighted by molar-refractivity contribution is 7.09. The number of ether oxygens (including phenoxy) is 1. The molecule has 3 N–H and O–H groups in total. The maximum absolute atomic E-state index is 14.3. The number of likely N-dealkylation sites (tertiary alicyclic amines) is 1. The van der Waals surface area contributed by atoms with Crippen LogP contribution in [0.1, 0.15) is 112 Å². The van der Waals surface area contributed by atoms with Crippen molar-refractivity contribution in [2.75, 3.05) is 20.6 Å². The fraction of sp³-hybridized carbons (Fsp3) is 0.650. The smallest absolute Gasteiger partial charge is 0.416 e. The van der Waals surface area contributed by atoms with Gasteiger partial charge in [0.05, 0.1) is 17.5 Å². The van der Waals surface area contributed by atoms with Crippen molar-refractivity contribution < 1.29 is 47.0 Å². The number of esters is 1. The summed E-state index contributed by atoms with van der Waals surface area (Å²) in [6.07, 6.45) is -0.540. The first kappa shape index (κ1) is 44.7. The third kappa shape index (κ3) is 12.2. The molecule has 2 fully saturated rings. The summed E-state index contributed by atoms with van der Waals surface area (Å²) >= 11 is 1.09. The van der Waals surface area contributed by atoms with Crippen LogP contribution in [-0.4, -0.2) is 94.4 Å². The van der Waals surface area contributed by atoms with Crippen molar-refractivity contribution >= 4 is 41.0 Å². The minimum Gasteiger partial charge on any atom is -0.481 e. The van der Waals surface area contributed by atoms with E-state index in [9.17, 15) is 42.3 Å². The van der Waals surface area contributed by atoms with E-state index < -0.39 is 59.7 Å². The minimum absolute atomic E-state index is 0.00373. The number of hydrogen-bond acceptors (Lipinski definition) is 9. The summed E-state index contributed by atoms with van der Waals surface area (Å²) in [5.41, 5.74) is -0.361. The van der Waals surface area contributed by atoms with Gasteiger partial charge in [0.15, 0.2) is 6.10 Å². The standard InChI is InChI=1S/C40H56F3N5O7S/c1-22(2)32(48(7)38(52)34(24(4)27-13-14-27)46-36(51)31-10-8-9-17-47(31)6)20-33(55-25(5)49)37-45-30(21-56-37)35(50)44-29(18-23(3)39(53)54)19-26-11-15-28(16-12-26)40(41,42)43/h11-12,15-16,21-24,27,29,31-34H,8-10,13-14,17-20H2,1-7H3,(H,44,50)(H,46,51)(H,53,54)/t23-,24-,29+,31+,32+,33+,34-/m0/s1. The zero-order chi connectivity index (χ0) is 41.5. The molecule has 1 aromatic heterocycles. The number of carboxylic acids is 1. The van der Waals surface area contributed by atoms with Gasteiger partial charge in [-0.05, 0) is 87.6 Å². The number of aromatic nitrogens is 1. The van der Waals surface area contributed by atoms with Crippen molar-refractivity contribution in [3.8, 4) is 0 Å². The Bertz CT molecular complexity index is 1680. The van der Waals surface area contributed by atoms with Crippen LogP contribution in [0.3, 0.4) is 0 Å². The molecule has 0 unspecified atom stereocenters. The number of alkyl halides is 3. The summed E-state index contributed by atoms with van der Waals surface area (Å²) in [4.78, 5) is 73.7. The minimum atomic E-state index is -4.52. The number of likely N-dealkylation sites (N-methyl/N-ethyl adjacent to an activating group) is 2. The number of halogens is 3. The van der Waals surface area contributed by atoms with Crippen molar-refractivity contribution in [2.24, 2.45) is 23.7 Å². The number of aliphatic carboxylic acids is 1. The molecule has 4 rings (SSSR count). The highest BCUT2D eigenvalue weighted by Crippen LogP contribution is 2.39. The summed E-state index contributed by atoms with van der Waals surface area (Å²) in [6, 6.07) is 2.21. The highest BCUT2D eigenvalue weighted by Gasteiger charge is 2.42. The molecule has 0 radical (unpaired) electrons. The second-order valence-electron chi connectivity index (χ2n) is 15.9. The molecule has 2 aliphatic rings. The Morgan fingerprint density at radius 3 is 2.23 bits per heavy atom. The van der Waals surface area contributed by atoms with Gasteiger partial charge in [-0.1, -0.05) is 46.2 Å². The number of nitrogens with one attached hydrogen (secondary N) is 2. The second kappa shape index (κ2) is 19.4. The van der Waals surface area contributed by atoms with Gasteiger partial charge < -0.3 is 25.4 Å². The van der Waals surface area contributed by atoms with E-state index in [1.54, 1.807) is 11.9 Å². The Hall–Kier alpha value is -4.05. The first-order chi connectivity index (χ1) is 26.3. The van der Waals surface area contributed by atoms with Crippen molar-refractivity contribution in [1.82, 2.24) is 25.4 Å². The van der Waals surface area contributed by atoms with E-state index in [0.717, 1.165) is 62.1 Å². The zero-order valence-corrected chi connectivity index (χ0v) is 34.0. The Kier molecular flexibility index (Phi) is 15.5. The molecule has 310 valence electrons. The maximum Gasteiger partial charge on any atom is 0.416 e. The number of hydrogen-bond donors (Lipinski definition) is 3. The molecule has 1 aliphatic carbocycles. The molecule has 1 aliphatic heterocycles. The molecular weight excluding hydrogens is 752 g/mol. The number of amides is 3. The van der Waals surface area contributed by atoms with Crippen LogP contribution >= 0.6 is 11.3 Å². The Morgan fingerprint density at radius 1 is 1.02 bits per heavy atom. The molecule has 16 heteroatoms. The summed E-state index contributed by atoms with van der Waals surface area (Å²) in [6.45, 7) is 9.45. The fourth-order valence-corrected chi connectivity index (χ4v) is 8.32. The van der Waals surface area contributed by atoms with Gasteiger partial charge in [-0.3, -0.25) is 28.9 Å². The molecule has 1 aromatic carbocycles. The molecule has 2 aromatic rings. The van der Waals surface area contributed by atoms with Crippen LogP contribution in [0.15, 0.2) is 29.6 Å². The average molecular weight is 808 g/mol. The number of piperidine rings is 1. The van der Waals surface area contributed by atoms with Gasteiger partial charge >= 0.3 is 18.1 Å². The Balaban J connectivity index is 1.52. The van der Waals surface area contributed by atoms with Crippen LogP contribution < -0.4 is 10.6 Å². The number of carbonyl (C=O) groups is 5. The summed E-state index contributed by atoms with van der Waals surface area (Å²) in [5.74, 6) is -3.42. The maximum atomic E-state index is 14.3. The van der Waals surface area contributed by atoms with Crippen LogP contribution in [0.4, 0.5) is 13.2 Å². The van der Waals surface area contributed by atoms with E-state index in [1.165, 1.54) is 31.4 Å². The lowest BCUT2D eigenvalue weighted by atomic mass is 9.91. The van der Waals surface area contributed by atoms with Crippen molar-refractivity contribution in [2.45, 2.75) is 122 Å². The predicted octanol–water partition coefficient (Wildman–Crippen LogP) is 6.11. The Morgan fingerprint density at radius 2 is 1.68 bits per heavy atom. The molecular formula is C40H56F3N5O7S. The van der Waals surface area contributed by atoms with E-state index in [4.69, 9.17) is 4.74 Å². The van der Waals surface area contributed by atoms with E-state index in [0.29, 0.717) is 16.5 Å². The highest BCUT2D eigenvalue weighted by atomic mass is 32.1. The average Bonchev–Trinajstić information content (AvgIpc) is 3.86. The van der Waals surface area contributed by atoms with E-state index in [1.807, 2.05) is 32.7 Å². The fourth-order valence-electron chi connectivity index (χ4n) is 7.48. The lowest BCUT2D eigenvalue weighted by Crippen LogP contribution is -2.58. The first-order valence-corrected chi connectivity index (χ1v) is 20.2.